The summed E-state index contributed by atoms with van der Waals surface area (Å²) < 4.78 is 0. The molecule has 1 saturated heterocycles. The van der Waals surface area contributed by atoms with Gasteiger partial charge in [-0.2, -0.15) is 0 Å². The Balaban J connectivity index is 2.39. The summed E-state index contributed by atoms with van der Waals surface area (Å²) >= 11 is 0. The van der Waals surface area contributed by atoms with Crippen LogP contribution in [0.15, 0.2) is 0 Å². The van der Waals surface area contributed by atoms with Crippen molar-refractivity contribution in [3.8, 4) is 0 Å². The summed E-state index contributed by atoms with van der Waals surface area (Å²) in [5, 5.41) is 3.07. The summed E-state index contributed by atoms with van der Waals surface area (Å²) in [7, 11) is 0. The normalized spacial score (nSPS) is 26.8. The molecule has 1 aliphatic rings. The van der Waals surface area contributed by atoms with Gasteiger partial charge in [0.05, 0.1) is 6.04 Å². The molecule has 1 unspecified atom stereocenters. The van der Waals surface area contributed by atoms with Gasteiger partial charge in [-0.3, -0.25) is 4.79 Å². The van der Waals surface area contributed by atoms with E-state index in [0.717, 1.165) is 26.2 Å². The number of likely N-dealkylation sites (N-methyl/N-ethyl adjacent to an activating group) is 1. The minimum Gasteiger partial charge on any atom is -0.368 e. The van der Waals surface area contributed by atoms with Crippen molar-refractivity contribution in [1.82, 2.24) is 10.2 Å². The van der Waals surface area contributed by atoms with Crippen molar-refractivity contribution < 1.29 is 4.79 Å². The lowest BCUT2D eigenvalue weighted by Gasteiger charge is -2.30. The van der Waals surface area contributed by atoms with Crippen LogP contribution in [0.2, 0.25) is 0 Å². The van der Waals surface area contributed by atoms with Crippen molar-refractivity contribution in [2.75, 3.05) is 26.2 Å². The predicted octanol–water partition coefficient (Wildman–Crippen LogP) is -1.23. The third-order valence-corrected chi connectivity index (χ3v) is 2.05. The number of hydrogen-bond donors (Lipinski definition) is 2. The molecule has 0 spiro atoms. The van der Waals surface area contributed by atoms with Crippen LogP contribution in [0.4, 0.5) is 0 Å². The zero-order chi connectivity index (χ0) is 8.27. The van der Waals surface area contributed by atoms with E-state index in [9.17, 15) is 4.79 Å². The minimum absolute atomic E-state index is 0.149. The van der Waals surface area contributed by atoms with Gasteiger partial charge in [0, 0.05) is 19.6 Å². The van der Waals surface area contributed by atoms with Gasteiger partial charge >= 0.3 is 0 Å². The van der Waals surface area contributed by atoms with Gasteiger partial charge in [-0.15, -0.1) is 0 Å². The molecule has 0 aliphatic carbocycles. The van der Waals surface area contributed by atoms with Crippen molar-refractivity contribution in [3.63, 3.8) is 0 Å². The maximum atomic E-state index is 10.7. The van der Waals surface area contributed by atoms with Crippen molar-refractivity contribution in [1.29, 1.82) is 0 Å². The first-order valence-corrected chi connectivity index (χ1v) is 3.99. The van der Waals surface area contributed by atoms with E-state index in [1.165, 1.54) is 0 Å². The summed E-state index contributed by atoms with van der Waals surface area (Å²) in [5.74, 6) is -0.247. The smallest absolute Gasteiger partial charge is 0.235 e. The van der Waals surface area contributed by atoms with Gasteiger partial charge in [0.25, 0.3) is 0 Å². The number of nitrogens with two attached hydrogens (primary N) is 1. The molecule has 64 valence electrons. The highest BCUT2D eigenvalue weighted by atomic mass is 16.1. The Hall–Kier alpha value is -0.610. The molecular weight excluding hydrogens is 142 g/mol. The maximum Gasteiger partial charge on any atom is 0.235 e. The quantitative estimate of drug-likeness (QED) is 0.527. The second-order valence-corrected chi connectivity index (χ2v) is 2.80. The van der Waals surface area contributed by atoms with Crippen molar-refractivity contribution >= 4 is 5.91 Å². The topological polar surface area (TPSA) is 58.4 Å². The van der Waals surface area contributed by atoms with E-state index in [0.29, 0.717) is 0 Å². The molecule has 1 fully saturated rings. The zero-order valence-corrected chi connectivity index (χ0v) is 6.84. The molecule has 0 radical (unpaired) electrons. The predicted molar refractivity (Wildman–Crippen MR) is 43.1 cm³/mol. The molecule has 0 aromatic carbocycles. The van der Waals surface area contributed by atoms with Gasteiger partial charge in [-0.25, -0.2) is 0 Å². The fourth-order valence-electron chi connectivity index (χ4n) is 1.29. The van der Waals surface area contributed by atoms with Gasteiger partial charge < -0.3 is 16.0 Å². The molecule has 11 heavy (non-hydrogen) atoms. The van der Waals surface area contributed by atoms with Crippen LogP contribution in [0.25, 0.3) is 0 Å². The van der Waals surface area contributed by atoms with E-state index < -0.39 is 0 Å². The lowest BCUT2D eigenvalue weighted by molar-refractivity contribution is -0.121. The van der Waals surface area contributed by atoms with Crippen LogP contribution < -0.4 is 11.1 Å². The molecule has 1 aliphatic heterocycles. The molecule has 0 aromatic heterocycles. The van der Waals surface area contributed by atoms with E-state index in [1.54, 1.807) is 0 Å². The second kappa shape index (κ2) is 3.69. The van der Waals surface area contributed by atoms with Gasteiger partial charge in [0.2, 0.25) is 5.91 Å². The zero-order valence-electron chi connectivity index (χ0n) is 6.84. The summed E-state index contributed by atoms with van der Waals surface area (Å²) in [4.78, 5) is 13.0. The van der Waals surface area contributed by atoms with E-state index in [-0.39, 0.29) is 11.9 Å². The first kappa shape index (κ1) is 8.49. The van der Waals surface area contributed by atoms with Crippen molar-refractivity contribution in [2.24, 2.45) is 5.73 Å². The molecule has 3 N–H and O–H groups in total. The average Bonchev–Trinajstić information content (AvgIpc) is 2.05. The van der Waals surface area contributed by atoms with Gasteiger partial charge in [-0.05, 0) is 6.54 Å². The fourth-order valence-corrected chi connectivity index (χ4v) is 1.29. The van der Waals surface area contributed by atoms with E-state index in [2.05, 4.69) is 17.1 Å². The van der Waals surface area contributed by atoms with Crippen LogP contribution in [-0.2, 0) is 4.79 Å². The Kier molecular flexibility index (Phi) is 2.84. The number of hydrogen-bond acceptors (Lipinski definition) is 3. The van der Waals surface area contributed by atoms with E-state index >= 15 is 0 Å². The lowest BCUT2D eigenvalue weighted by Crippen LogP contribution is -2.55. The Bertz CT molecular complexity index is 149. The first-order valence-electron chi connectivity index (χ1n) is 3.99. The largest absolute Gasteiger partial charge is 0.368 e. The Labute approximate surface area is 66.7 Å². The number of carbonyl (C=O) groups excluding carboxylic acids is 1. The third-order valence-electron chi connectivity index (χ3n) is 2.05. The highest BCUT2D eigenvalue weighted by Gasteiger charge is 2.21. The fraction of sp³-hybridized carbons (Fsp3) is 0.857. The number of piperazine rings is 1. The van der Waals surface area contributed by atoms with Crippen molar-refractivity contribution in [2.45, 2.75) is 13.0 Å². The molecule has 1 rings (SSSR count). The monoisotopic (exact) mass is 157 g/mol. The lowest BCUT2D eigenvalue weighted by atomic mass is 10.2. The van der Waals surface area contributed by atoms with Crippen LogP contribution in [0.3, 0.4) is 0 Å². The molecule has 4 nitrogen and oxygen atoms in total. The highest BCUT2D eigenvalue weighted by Crippen LogP contribution is 1.96. The molecule has 0 aromatic rings. The highest BCUT2D eigenvalue weighted by molar-refractivity contribution is 5.80. The summed E-state index contributed by atoms with van der Waals surface area (Å²) in [6.07, 6.45) is 0. The van der Waals surface area contributed by atoms with Crippen LogP contribution in [-0.4, -0.2) is 43.0 Å². The number of primary amides is 1. The summed E-state index contributed by atoms with van der Waals surface area (Å²) in [6, 6.07) is -0.149. The van der Waals surface area contributed by atoms with Gasteiger partial charge in [-0.1, -0.05) is 6.92 Å². The van der Waals surface area contributed by atoms with Gasteiger partial charge in [0.15, 0.2) is 0 Å². The molecule has 4 heteroatoms. The van der Waals surface area contributed by atoms with Crippen LogP contribution in [0.5, 0.6) is 0 Å². The SMILES string of the molecule is CCN1CCNC(C(N)=O)C1. The first-order chi connectivity index (χ1) is 5.24. The van der Waals surface area contributed by atoms with Gasteiger partial charge in [0.1, 0.15) is 0 Å². The molecule has 1 heterocycles. The van der Waals surface area contributed by atoms with E-state index in [4.69, 9.17) is 5.73 Å². The second-order valence-electron chi connectivity index (χ2n) is 2.80. The summed E-state index contributed by atoms with van der Waals surface area (Å²) in [6.45, 7) is 5.71. The van der Waals surface area contributed by atoms with Crippen LogP contribution >= 0.6 is 0 Å². The molecule has 0 saturated carbocycles. The number of rotatable bonds is 2. The number of carbonyl (C=O) groups is 1. The van der Waals surface area contributed by atoms with Crippen LogP contribution in [0.1, 0.15) is 6.92 Å². The molecule has 1 atom stereocenters. The molecular formula is C7H15N3O. The van der Waals surface area contributed by atoms with Crippen molar-refractivity contribution in [3.05, 3.63) is 0 Å². The Morgan fingerprint density at radius 2 is 2.55 bits per heavy atom. The van der Waals surface area contributed by atoms with E-state index in [1.807, 2.05) is 0 Å². The maximum absolute atomic E-state index is 10.7. The standard InChI is InChI=1S/C7H15N3O/c1-2-10-4-3-9-6(5-10)7(8)11/h6,9H,2-5H2,1H3,(H2,8,11). The minimum atomic E-state index is -0.247. The van der Waals surface area contributed by atoms with Crippen LogP contribution in [0, 0.1) is 0 Å². The Morgan fingerprint density at radius 1 is 1.82 bits per heavy atom. The summed E-state index contributed by atoms with van der Waals surface area (Å²) in [5.41, 5.74) is 5.16. The number of nitrogens with zero attached hydrogens (tertiary/aromatic N) is 1. The number of nitrogens with one attached hydrogen (secondary N) is 1. The third kappa shape index (κ3) is 2.17. The Morgan fingerprint density at radius 3 is 3.09 bits per heavy atom. The average molecular weight is 157 g/mol. The number of amides is 1. The molecule has 0 bridgehead atoms. The molecule has 1 amide bonds.